The van der Waals surface area contributed by atoms with Gasteiger partial charge in [-0.15, -0.1) is 0 Å². The third-order valence-electron chi connectivity index (χ3n) is 4.82. The third kappa shape index (κ3) is 2.73. The molecule has 0 saturated heterocycles. The van der Waals surface area contributed by atoms with Crippen LogP contribution in [0.5, 0.6) is 0 Å². The predicted octanol–water partition coefficient (Wildman–Crippen LogP) is 3.35. The average Bonchev–Trinajstić information content (AvgIpc) is 2.56. The molecule has 3 aromatic rings. The molecule has 24 heavy (non-hydrogen) atoms. The maximum absolute atomic E-state index is 12.8. The molecule has 4 heteroatoms. The molecule has 4 nitrogen and oxygen atoms in total. The van der Waals surface area contributed by atoms with Gasteiger partial charge in [0.25, 0.3) is 5.56 Å². The van der Waals surface area contributed by atoms with Gasteiger partial charge in [0.15, 0.2) is 0 Å². The van der Waals surface area contributed by atoms with Gasteiger partial charge in [0.2, 0.25) is 0 Å². The van der Waals surface area contributed by atoms with Crippen LogP contribution in [0.3, 0.4) is 0 Å². The first-order valence-corrected chi connectivity index (χ1v) is 8.44. The smallest absolute Gasteiger partial charge is 0.261 e. The minimum Gasteiger partial charge on any atom is -0.296 e. The van der Waals surface area contributed by atoms with Gasteiger partial charge in [-0.25, -0.2) is 4.98 Å². The van der Waals surface area contributed by atoms with E-state index in [0.29, 0.717) is 5.39 Å². The summed E-state index contributed by atoms with van der Waals surface area (Å²) in [6.07, 6.45) is 4.49. The minimum atomic E-state index is 0.0900. The Kier molecular flexibility index (Phi) is 3.48. The van der Waals surface area contributed by atoms with Gasteiger partial charge in [0.1, 0.15) is 5.82 Å². The van der Waals surface area contributed by atoms with E-state index in [4.69, 9.17) is 4.98 Å². The van der Waals surface area contributed by atoms with Crippen molar-refractivity contribution < 1.29 is 0 Å². The molecular weight excluding hydrogens is 298 g/mol. The number of nitrogens with zero attached hydrogens (tertiary/aromatic N) is 3. The molecule has 1 aliphatic rings. The topological polar surface area (TPSA) is 47.8 Å². The van der Waals surface area contributed by atoms with Crippen LogP contribution in [0.15, 0.2) is 47.4 Å². The lowest BCUT2D eigenvalue weighted by Gasteiger charge is -2.31. The number of fused-ring (bicyclic) bond motifs is 2. The summed E-state index contributed by atoms with van der Waals surface area (Å²) in [7, 11) is 0. The predicted molar refractivity (Wildman–Crippen MR) is 95.1 cm³/mol. The molecular formula is C20H21N3O. The van der Waals surface area contributed by atoms with E-state index in [0.717, 1.165) is 48.4 Å². The average molecular weight is 319 g/mol. The highest BCUT2D eigenvalue weighted by Gasteiger charge is 2.27. The Labute approximate surface area is 141 Å². The Morgan fingerprint density at radius 1 is 1.21 bits per heavy atom. The molecule has 0 unspecified atom stereocenters. The maximum Gasteiger partial charge on any atom is 0.261 e. The number of benzene rings is 1. The Morgan fingerprint density at radius 2 is 2.08 bits per heavy atom. The Bertz CT molecular complexity index is 958. The van der Waals surface area contributed by atoms with Crippen molar-refractivity contribution in [2.45, 2.75) is 39.7 Å². The zero-order valence-electron chi connectivity index (χ0n) is 14.1. The van der Waals surface area contributed by atoms with Crippen molar-refractivity contribution in [1.29, 1.82) is 0 Å². The molecule has 122 valence electrons. The number of hydrogen-bond donors (Lipinski definition) is 0. The summed E-state index contributed by atoms with van der Waals surface area (Å²) >= 11 is 0. The second-order valence-electron chi connectivity index (χ2n) is 7.43. The monoisotopic (exact) mass is 319 g/mol. The van der Waals surface area contributed by atoms with Crippen LogP contribution in [0.25, 0.3) is 10.9 Å². The molecule has 4 rings (SSSR count). The normalized spacial score (nSPS) is 16.1. The molecule has 0 fully saturated rings. The number of rotatable bonds is 2. The van der Waals surface area contributed by atoms with Crippen LogP contribution in [0.2, 0.25) is 0 Å². The van der Waals surface area contributed by atoms with Crippen LogP contribution < -0.4 is 5.56 Å². The van der Waals surface area contributed by atoms with E-state index in [9.17, 15) is 4.79 Å². The molecule has 0 amide bonds. The fraction of sp³-hybridized carbons (Fsp3) is 0.350. The molecule has 2 aromatic heterocycles. The number of aromatic nitrogens is 3. The summed E-state index contributed by atoms with van der Waals surface area (Å²) in [4.78, 5) is 22.0. The van der Waals surface area contributed by atoms with E-state index in [-0.39, 0.29) is 11.0 Å². The van der Waals surface area contributed by atoms with Crippen molar-refractivity contribution in [3.63, 3.8) is 0 Å². The highest BCUT2D eigenvalue weighted by atomic mass is 16.1. The van der Waals surface area contributed by atoms with Gasteiger partial charge in [0, 0.05) is 31.3 Å². The van der Waals surface area contributed by atoms with Gasteiger partial charge in [-0.1, -0.05) is 26.0 Å². The van der Waals surface area contributed by atoms with Crippen LogP contribution in [0, 0.1) is 5.41 Å². The zero-order valence-corrected chi connectivity index (χ0v) is 14.1. The van der Waals surface area contributed by atoms with Gasteiger partial charge >= 0.3 is 0 Å². The molecule has 0 radical (unpaired) electrons. The Balaban J connectivity index is 1.77. The third-order valence-corrected chi connectivity index (χ3v) is 4.82. The fourth-order valence-corrected chi connectivity index (χ4v) is 3.45. The summed E-state index contributed by atoms with van der Waals surface area (Å²) in [6, 6.07) is 11.9. The Morgan fingerprint density at radius 3 is 2.88 bits per heavy atom. The largest absolute Gasteiger partial charge is 0.296 e. The highest BCUT2D eigenvalue weighted by Crippen LogP contribution is 2.29. The molecule has 0 spiro atoms. The van der Waals surface area contributed by atoms with E-state index >= 15 is 0 Å². The number of hydrogen-bond acceptors (Lipinski definition) is 3. The lowest BCUT2D eigenvalue weighted by Crippen LogP contribution is -2.36. The standard InChI is InChI=1S/C20H21N3O/c1-20(2)9-8-18-22-17-12-14(11-15-5-3-4-10-21-15)6-7-16(17)19(24)23(18)13-20/h3-7,10,12H,8-9,11,13H2,1-2H3. The summed E-state index contributed by atoms with van der Waals surface area (Å²) in [5.41, 5.74) is 3.21. The van der Waals surface area contributed by atoms with Crippen molar-refractivity contribution in [1.82, 2.24) is 14.5 Å². The second-order valence-corrected chi connectivity index (χ2v) is 7.43. The fourth-order valence-electron chi connectivity index (χ4n) is 3.45. The number of aryl methyl sites for hydroxylation is 1. The summed E-state index contributed by atoms with van der Waals surface area (Å²) < 4.78 is 1.87. The lowest BCUT2D eigenvalue weighted by molar-refractivity contribution is 0.240. The van der Waals surface area contributed by atoms with Crippen LogP contribution in [0.1, 0.15) is 37.4 Å². The van der Waals surface area contributed by atoms with E-state index in [1.807, 2.05) is 41.0 Å². The Hall–Kier alpha value is -2.49. The number of pyridine rings is 1. The zero-order chi connectivity index (χ0) is 16.7. The summed E-state index contributed by atoms with van der Waals surface area (Å²) in [5, 5.41) is 0.709. The minimum absolute atomic E-state index is 0.0900. The molecule has 0 N–H and O–H groups in total. The molecule has 1 aromatic carbocycles. The van der Waals surface area contributed by atoms with Crippen molar-refractivity contribution in [2.24, 2.45) is 5.41 Å². The summed E-state index contributed by atoms with van der Waals surface area (Å²) in [5.74, 6) is 0.918. The molecule has 0 aliphatic carbocycles. The van der Waals surface area contributed by atoms with Crippen LogP contribution >= 0.6 is 0 Å². The van der Waals surface area contributed by atoms with E-state index in [2.05, 4.69) is 18.8 Å². The van der Waals surface area contributed by atoms with Crippen LogP contribution in [-0.2, 0) is 19.4 Å². The van der Waals surface area contributed by atoms with Crippen molar-refractivity contribution in [2.75, 3.05) is 0 Å². The van der Waals surface area contributed by atoms with Gasteiger partial charge in [-0.2, -0.15) is 0 Å². The SMILES string of the molecule is CC1(C)CCc2nc3cc(Cc4ccccn4)ccc3c(=O)n2C1. The van der Waals surface area contributed by atoms with Gasteiger partial charge in [0.05, 0.1) is 10.9 Å². The van der Waals surface area contributed by atoms with E-state index < -0.39 is 0 Å². The quantitative estimate of drug-likeness (QED) is 0.728. The first kappa shape index (κ1) is 15.1. The first-order chi connectivity index (χ1) is 11.5. The van der Waals surface area contributed by atoms with E-state index in [1.54, 1.807) is 6.20 Å². The van der Waals surface area contributed by atoms with Crippen LogP contribution in [0.4, 0.5) is 0 Å². The molecule has 0 atom stereocenters. The van der Waals surface area contributed by atoms with Crippen molar-refractivity contribution in [3.05, 3.63) is 70.0 Å². The van der Waals surface area contributed by atoms with Gasteiger partial charge in [-0.3, -0.25) is 14.3 Å². The molecule has 0 saturated carbocycles. The van der Waals surface area contributed by atoms with Crippen molar-refractivity contribution >= 4 is 10.9 Å². The first-order valence-electron chi connectivity index (χ1n) is 8.44. The van der Waals surface area contributed by atoms with Gasteiger partial charge in [-0.05, 0) is 41.7 Å². The van der Waals surface area contributed by atoms with Crippen LogP contribution in [-0.4, -0.2) is 14.5 Å². The van der Waals surface area contributed by atoms with Gasteiger partial charge < -0.3 is 0 Å². The highest BCUT2D eigenvalue weighted by molar-refractivity contribution is 5.78. The maximum atomic E-state index is 12.8. The summed E-state index contributed by atoms with van der Waals surface area (Å²) in [6.45, 7) is 5.17. The van der Waals surface area contributed by atoms with E-state index in [1.165, 1.54) is 0 Å². The lowest BCUT2D eigenvalue weighted by atomic mass is 9.85. The van der Waals surface area contributed by atoms with Crippen molar-refractivity contribution in [3.8, 4) is 0 Å². The molecule has 0 bridgehead atoms. The molecule has 1 aliphatic heterocycles. The molecule has 3 heterocycles. The second kappa shape index (κ2) is 5.55.